The van der Waals surface area contributed by atoms with E-state index in [0.717, 1.165) is 31.5 Å². The molecule has 1 unspecified atom stereocenters. The summed E-state index contributed by atoms with van der Waals surface area (Å²) in [5.74, 6) is 1.74. The number of hydrogen-bond acceptors (Lipinski definition) is 2. The molecule has 1 saturated heterocycles. The van der Waals surface area contributed by atoms with E-state index in [2.05, 4.69) is 41.3 Å². The Bertz CT molecular complexity index is 263. The standard InChI is InChI=1S/C15H32N4/c1-5-19-11-7-9-14(19)12-18-15(16-4)17-10-6-8-13(2)3/h13-14H,5-12H2,1-4H3,(H2,16,17,18). The Labute approximate surface area is 119 Å². The van der Waals surface area contributed by atoms with Crippen molar-refractivity contribution < 1.29 is 0 Å². The van der Waals surface area contributed by atoms with E-state index in [9.17, 15) is 0 Å². The quantitative estimate of drug-likeness (QED) is 0.422. The molecule has 1 aliphatic rings. The van der Waals surface area contributed by atoms with Gasteiger partial charge in [0.15, 0.2) is 5.96 Å². The van der Waals surface area contributed by atoms with Gasteiger partial charge in [0.1, 0.15) is 0 Å². The van der Waals surface area contributed by atoms with Gasteiger partial charge in [0, 0.05) is 26.2 Å². The normalized spacial score (nSPS) is 21.1. The first-order chi connectivity index (χ1) is 9.17. The van der Waals surface area contributed by atoms with Crippen LogP contribution in [0, 0.1) is 5.92 Å². The fourth-order valence-corrected chi connectivity index (χ4v) is 2.69. The van der Waals surface area contributed by atoms with Gasteiger partial charge in [0.05, 0.1) is 0 Å². The summed E-state index contributed by atoms with van der Waals surface area (Å²) in [6, 6.07) is 0.680. The van der Waals surface area contributed by atoms with Crippen LogP contribution in [0.15, 0.2) is 4.99 Å². The number of nitrogens with zero attached hydrogens (tertiary/aromatic N) is 2. The highest BCUT2D eigenvalue weighted by molar-refractivity contribution is 5.79. The molecule has 0 aliphatic carbocycles. The van der Waals surface area contributed by atoms with Crippen LogP contribution >= 0.6 is 0 Å². The van der Waals surface area contributed by atoms with Gasteiger partial charge in [-0.3, -0.25) is 9.89 Å². The van der Waals surface area contributed by atoms with E-state index < -0.39 is 0 Å². The predicted molar refractivity (Wildman–Crippen MR) is 83.7 cm³/mol. The van der Waals surface area contributed by atoms with Gasteiger partial charge in [0.25, 0.3) is 0 Å². The summed E-state index contributed by atoms with van der Waals surface area (Å²) in [5.41, 5.74) is 0. The summed E-state index contributed by atoms with van der Waals surface area (Å²) >= 11 is 0. The lowest BCUT2D eigenvalue weighted by molar-refractivity contribution is 0.267. The van der Waals surface area contributed by atoms with Crippen molar-refractivity contribution in [1.29, 1.82) is 0 Å². The lowest BCUT2D eigenvalue weighted by Gasteiger charge is -2.24. The van der Waals surface area contributed by atoms with Crippen LogP contribution in [0.25, 0.3) is 0 Å². The molecule has 1 fully saturated rings. The van der Waals surface area contributed by atoms with Crippen LogP contribution in [-0.2, 0) is 0 Å². The van der Waals surface area contributed by atoms with Crippen molar-refractivity contribution in [2.75, 3.05) is 33.2 Å². The Kier molecular flexibility index (Phi) is 7.87. The number of likely N-dealkylation sites (tertiary alicyclic amines) is 1. The maximum Gasteiger partial charge on any atom is 0.191 e. The van der Waals surface area contributed by atoms with Gasteiger partial charge in [-0.15, -0.1) is 0 Å². The van der Waals surface area contributed by atoms with Crippen molar-refractivity contribution in [3.05, 3.63) is 0 Å². The van der Waals surface area contributed by atoms with Gasteiger partial charge < -0.3 is 10.6 Å². The molecule has 1 aliphatic heterocycles. The zero-order chi connectivity index (χ0) is 14.1. The maximum absolute atomic E-state index is 4.29. The third kappa shape index (κ3) is 6.28. The molecule has 19 heavy (non-hydrogen) atoms. The van der Waals surface area contributed by atoms with Crippen LogP contribution in [0.4, 0.5) is 0 Å². The first-order valence-electron chi connectivity index (χ1n) is 7.86. The molecule has 0 spiro atoms. The fourth-order valence-electron chi connectivity index (χ4n) is 2.69. The van der Waals surface area contributed by atoms with Gasteiger partial charge in [-0.05, 0) is 44.7 Å². The first kappa shape index (κ1) is 16.3. The van der Waals surface area contributed by atoms with Crippen LogP contribution in [-0.4, -0.2) is 50.1 Å². The number of rotatable bonds is 7. The largest absolute Gasteiger partial charge is 0.356 e. The van der Waals surface area contributed by atoms with Crippen LogP contribution < -0.4 is 10.6 Å². The highest BCUT2D eigenvalue weighted by Gasteiger charge is 2.22. The molecule has 1 atom stereocenters. The van der Waals surface area contributed by atoms with Crippen molar-refractivity contribution in [1.82, 2.24) is 15.5 Å². The molecule has 2 N–H and O–H groups in total. The van der Waals surface area contributed by atoms with E-state index in [1.165, 1.54) is 32.2 Å². The second-order valence-corrected chi connectivity index (χ2v) is 5.84. The average Bonchev–Trinajstić information content (AvgIpc) is 2.85. The Morgan fingerprint density at radius 1 is 1.37 bits per heavy atom. The Hall–Kier alpha value is -0.770. The van der Waals surface area contributed by atoms with Crippen molar-refractivity contribution in [3.8, 4) is 0 Å². The molecule has 0 amide bonds. The van der Waals surface area contributed by atoms with E-state index >= 15 is 0 Å². The van der Waals surface area contributed by atoms with E-state index in [4.69, 9.17) is 0 Å². The van der Waals surface area contributed by atoms with E-state index in [1.807, 2.05) is 7.05 Å². The maximum atomic E-state index is 4.29. The molecule has 1 heterocycles. The van der Waals surface area contributed by atoms with Crippen molar-refractivity contribution in [3.63, 3.8) is 0 Å². The second kappa shape index (κ2) is 9.18. The zero-order valence-corrected chi connectivity index (χ0v) is 13.2. The van der Waals surface area contributed by atoms with Crippen molar-refractivity contribution in [2.24, 2.45) is 10.9 Å². The Morgan fingerprint density at radius 2 is 2.16 bits per heavy atom. The summed E-state index contributed by atoms with van der Waals surface area (Å²) in [4.78, 5) is 6.85. The number of hydrogen-bond donors (Lipinski definition) is 2. The van der Waals surface area contributed by atoms with Gasteiger partial charge in [-0.1, -0.05) is 20.8 Å². The van der Waals surface area contributed by atoms with E-state index in [1.54, 1.807) is 0 Å². The predicted octanol–water partition coefficient (Wildman–Crippen LogP) is 2.07. The molecule has 0 aromatic heterocycles. The van der Waals surface area contributed by atoms with Gasteiger partial charge >= 0.3 is 0 Å². The molecule has 0 aromatic carbocycles. The zero-order valence-electron chi connectivity index (χ0n) is 13.2. The number of likely N-dealkylation sites (N-methyl/N-ethyl adjacent to an activating group) is 1. The van der Waals surface area contributed by atoms with Crippen LogP contribution in [0.1, 0.15) is 46.5 Å². The molecule has 0 aromatic rings. The lowest BCUT2D eigenvalue weighted by Crippen LogP contribution is -2.45. The highest BCUT2D eigenvalue weighted by Crippen LogP contribution is 2.15. The SMILES string of the molecule is CCN1CCCC1CNC(=NC)NCCCC(C)C. The molecule has 112 valence electrons. The second-order valence-electron chi connectivity index (χ2n) is 5.84. The van der Waals surface area contributed by atoms with Gasteiger partial charge in [-0.25, -0.2) is 0 Å². The van der Waals surface area contributed by atoms with Crippen molar-refractivity contribution >= 4 is 5.96 Å². The number of guanidine groups is 1. The first-order valence-corrected chi connectivity index (χ1v) is 7.86. The summed E-state index contributed by atoms with van der Waals surface area (Å²) in [7, 11) is 1.85. The van der Waals surface area contributed by atoms with E-state index in [0.29, 0.717) is 6.04 Å². The minimum atomic E-state index is 0.680. The van der Waals surface area contributed by atoms with Crippen LogP contribution in [0.2, 0.25) is 0 Å². The van der Waals surface area contributed by atoms with E-state index in [-0.39, 0.29) is 0 Å². The molecular weight excluding hydrogens is 236 g/mol. The topological polar surface area (TPSA) is 39.7 Å². The Morgan fingerprint density at radius 3 is 2.79 bits per heavy atom. The summed E-state index contributed by atoms with van der Waals surface area (Å²) in [6.07, 6.45) is 5.13. The molecule has 0 radical (unpaired) electrons. The monoisotopic (exact) mass is 268 g/mol. The average molecular weight is 268 g/mol. The lowest BCUT2D eigenvalue weighted by atomic mass is 10.1. The van der Waals surface area contributed by atoms with Gasteiger partial charge in [0.2, 0.25) is 0 Å². The number of aliphatic imine (C=N–C) groups is 1. The third-order valence-corrected chi connectivity index (χ3v) is 3.88. The van der Waals surface area contributed by atoms with Crippen LogP contribution in [0.3, 0.4) is 0 Å². The molecule has 0 saturated carbocycles. The molecule has 1 rings (SSSR count). The molecule has 4 nitrogen and oxygen atoms in total. The number of nitrogens with one attached hydrogen (secondary N) is 2. The minimum Gasteiger partial charge on any atom is -0.356 e. The summed E-state index contributed by atoms with van der Waals surface area (Å²) < 4.78 is 0. The highest BCUT2D eigenvalue weighted by atomic mass is 15.2. The van der Waals surface area contributed by atoms with Crippen molar-refractivity contribution in [2.45, 2.75) is 52.5 Å². The minimum absolute atomic E-state index is 0.680. The summed E-state index contributed by atoms with van der Waals surface area (Å²) in [6.45, 7) is 11.2. The van der Waals surface area contributed by atoms with Gasteiger partial charge in [-0.2, -0.15) is 0 Å². The van der Waals surface area contributed by atoms with Crippen LogP contribution in [0.5, 0.6) is 0 Å². The third-order valence-electron chi connectivity index (χ3n) is 3.88. The Balaban J connectivity index is 2.18. The molecule has 0 bridgehead atoms. The fraction of sp³-hybridized carbons (Fsp3) is 0.933. The molecular formula is C15H32N4. The molecule has 4 heteroatoms. The smallest absolute Gasteiger partial charge is 0.191 e. The summed E-state index contributed by atoms with van der Waals surface area (Å²) in [5, 5.41) is 6.86.